The third kappa shape index (κ3) is 3.49. The Kier molecular flexibility index (Phi) is 5.07. The predicted molar refractivity (Wildman–Crippen MR) is 126 cm³/mol. The van der Waals surface area contributed by atoms with Gasteiger partial charge in [0, 0.05) is 46.4 Å². The van der Waals surface area contributed by atoms with Crippen molar-refractivity contribution in [2.45, 2.75) is 25.2 Å². The second kappa shape index (κ2) is 7.93. The molecule has 4 N–H and O–H groups in total. The molecule has 5 rings (SSSR count). The Morgan fingerprint density at radius 1 is 1.09 bits per heavy atom. The molecule has 3 heterocycles. The second-order valence-electron chi connectivity index (χ2n) is 8.24. The number of fused-ring (bicyclic) bond motifs is 2. The molecule has 2 unspecified atom stereocenters. The topological polar surface area (TPSA) is 93.8 Å². The summed E-state index contributed by atoms with van der Waals surface area (Å²) in [7, 11) is 3.28. The van der Waals surface area contributed by atoms with Crippen molar-refractivity contribution in [3.8, 4) is 22.6 Å². The van der Waals surface area contributed by atoms with Gasteiger partial charge >= 0.3 is 0 Å². The van der Waals surface area contributed by atoms with Crippen LogP contribution in [-0.2, 0) is 12.2 Å². The molecule has 3 aromatic rings. The Hall–Kier alpha value is -3.42. The summed E-state index contributed by atoms with van der Waals surface area (Å²) in [6.07, 6.45) is 6.30. The fraction of sp³-hybridized carbons (Fsp3) is 0.280. The van der Waals surface area contributed by atoms with Crippen molar-refractivity contribution < 1.29 is 9.47 Å². The molecule has 0 saturated heterocycles. The van der Waals surface area contributed by atoms with Gasteiger partial charge in [0.2, 0.25) is 5.79 Å². The average Bonchev–Trinajstić information content (AvgIpc) is 2.83. The molecule has 0 spiro atoms. The van der Waals surface area contributed by atoms with Crippen LogP contribution in [0.5, 0.6) is 11.5 Å². The molecule has 0 amide bonds. The van der Waals surface area contributed by atoms with Crippen molar-refractivity contribution >= 4 is 11.9 Å². The number of anilines is 1. The summed E-state index contributed by atoms with van der Waals surface area (Å²) in [6.45, 7) is 3.17. The van der Waals surface area contributed by atoms with Crippen molar-refractivity contribution in [1.82, 2.24) is 10.3 Å². The number of pyridine rings is 1. The minimum atomic E-state index is -1.06. The third-order valence-corrected chi connectivity index (χ3v) is 6.26. The zero-order valence-electron chi connectivity index (χ0n) is 18.5. The van der Waals surface area contributed by atoms with Gasteiger partial charge in [0.25, 0.3) is 0 Å². The molecule has 2 atom stereocenters. The zero-order valence-corrected chi connectivity index (χ0v) is 18.5. The van der Waals surface area contributed by atoms with Gasteiger partial charge in [-0.15, -0.1) is 0 Å². The number of nitrogens with one attached hydrogen (secondary N) is 2. The van der Waals surface area contributed by atoms with Crippen LogP contribution in [0.2, 0.25) is 0 Å². The van der Waals surface area contributed by atoms with Crippen molar-refractivity contribution in [2.75, 3.05) is 26.1 Å². The van der Waals surface area contributed by atoms with E-state index in [1.54, 1.807) is 26.6 Å². The summed E-state index contributed by atoms with van der Waals surface area (Å²) in [5.41, 5.74) is 13.9. The van der Waals surface area contributed by atoms with Crippen LogP contribution in [0.3, 0.4) is 0 Å². The Morgan fingerprint density at radius 3 is 2.78 bits per heavy atom. The third-order valence-electron chi connectivity index (χ3n) is 6.26. The number of hydrogen-bond donors (Lipinski definition) is 3. The van der Waals surface area contributed by atoms with Gasteiger partial charge in [-0.1, -0.05) is 12.1 Å². The Labute approximate surface area is 187 Å². The summed E-state index contributed by atoms with van der Waals surface area (Å²) in [6, 6.07) is 12.6. The largest absolute Gasteiger partial charge is 0.496 e. The maximum absolute atomic E-state index is 6.79. The van der Waals surface area contributed by atoms with Gasteiger partial charge in [-0.25, -0.2) is 4.99 Å². The monoisotopic (exact) mass is 429 g/mol. The van der Waals surface area contributed by atoms with Gasteiger partial charge in [-0.2, -0.15) is 0 Å². The van der Waals surface area contributed by atoms with Crippen molar-refractivity contribution in [3.63, 3.8) is 0 Å². The number of methoxy groups -OCH3 is 2. The number of aliphatic imine (C=N–C) groups is 1. The highest BCUT2D eigenvalue weighted by Gasteiger charge is 2.32. The summed E-state index contributed by atoms with van der Waals surface area (Å²) in [5, 5.41) is 6.97. The Bertz CT molecular complexity index is 1210. The molecule has 7 nitrogen and oxygen atoms in total. The number of nitrogens with zero attached hydrogens (tertiary/aromatic N) is 2. The van der Waals surface area contributed by atoms with E-state index in [4.69, 9.17) is 15.2 Å². The highest BCUT2D eigenvalue weighted by Crippen LogP contribution is 2.39. The number of nitrogens with two attached hydrogens (primary N) is 1. The normalized spacial score (nSPS) is 21.3. The van der Waals surface area contributed by atoms with E-state index in [1.807, 2.05) is 24.4 Å². The smallest absolute Gasteiger partial charge is 0.209 e. The lowest BCUT2D eigenvalue weighted by molar-refractivity contribution is 0.412. The lowest BCUT2D eigenvalue weighted by Crippen LogP contribution is -2.45. The first-order valence-electron chi connectivity index (χ1n) is 10.7. The maximum Gasteiger partial charge on any atom is 0.209 e. The molecule has 164 valence electrons. The van der Waals surface area contributed by atoms with Crippen LogP contribution in [0, 0.1) is 0 Å². The number of rotatable bonds is 4. The fourth-order valence-electron chi connectivity index (χ4n) is 4.43. The Balaban J connectivity index is 1.55. The fourth-order valence-corrected chi connectivity index (χ4v) is 4.43. The second-order valence-corrected chi connectivity index (χ2v) is 8.24. The molecule has 32 heavy (non-hydrogen) atoms. The molecule has 0 aliphatic carbocycles. The van der Waals surface area contributed by atoms with E-state index in [1.165, 1.54) is 11.1 Å². The first-order valence-corrected chi connectivity index (χ1v) is 10.7. The summed E-state index contributed by atoms with van der Waals surface area (Å²) < 4.78 is 11.0. The molecule has 0 saturated carbocycles. The van der Waals surface area contributed by atoms with E-state index in [9.17, 15) is 0 Å². The van der Waals surface area contributed by atoms with Crippen molar-refractivity contribution in [3.05, 3.63) is 71.0 Å². The van der Waals surface area contributed by atoms with E-state index in [-0.39, 0.29) is 0 Å². The molecule has 2 aromatic carbocycles. The molecule has 2 aliphatic heterocycles. The van der Waals surface area contributed by atoms with E-state index in [2.05, 4.69) is 45.7 Å². The van der Waals surface area contributed by atoms with E-state index >= 15 is 0 Å². The highest BCUT2D eigenvalue weighted by molar-refractivity contribution is 5.94. The quantitative estimate of drug-likeness (QED) is 0.587. The summed E-state index contributed by atoms with van der Waals surface area (Å²) >= 11 is 0. The summed E-state index contributed by atoms with van der Waals surface area (Å²) in [4.78, 5) is 8.97. The lowest BCUT2D eigenvalue weighted by atomic mass is 9.91. The number of aromatic nitrogens is 1. The molecular weight excluding hydrogens is 402 g/mol. The van der Waals surface area contributed by atoms with Crippen LogP contribution in [0.4, 0.5) is 5.69 Å². The van der Waals surface area contributed by atoms with Crippen LogP contribution < -0.4 is 25.8 Å². The molecule has 7 heteroatoms. The van der Waals surface area contributed by atoms with Gasteiger partial charge in [0.1, 0.15) is 11.5 Å². The minimum Gasteiger partial charge on any atom is -0.496 e. The van der Waals surface area contributed by atoms with Gasteiger partial charge in [0.05, 0.1) is 20.4 Å². The molecule has 0 fully saturated rings. The Morgan fingerprint density at radius 2 is 1.97 bits per heavy atom. The molecular formula is C25H27N5O2. The van der Waals surface area contributed by atoms with Gasteiger partial charge < -0.3 is 20.1 Å². The molecule has 0 radical (unpaired) electrons. The first-order chi connectivity index (χ1) is 15.5. The standard InChI is InChI=1S/C25H27N5O2/c1-15-21-10-19(5-4-16(21)6-7-28-15)25(26)29-13-18-9-24(32-3)22(11-23(18)30-25)17-8-20(31-2)14-27-12-17/h4-5,8-15,28,30H,6-7,26H2,1-3H3. The number of hydrogen-bond acceptors (Lipinski definition) is 7. The van der Waals surface area contributed by atoms with Crippen LogP contribution in [0.15, 0.2) is 53.8 Å². The number of ether oxygens (including phenoxy) is 2. The SMILES string of the molecule is COc1cncc(-c2cc3c(cc2OC)C=NC(N)(c2ccc4c(c2)C(C)NCC4)N3)c1. The molecule has 1 aromatic heterocycles. The van der Waals surface area contributed by atoms with E-state index < -0.39 is 5.79 Å². The van der Waals surface area contributed by atoms with Crippen molar-refractivity contribution in [1.29, 1.82) is 0 Å². The first kappa shape index (κ1) is 20.5. The van der Waals surface area contributed by atoms with Crippen molar-refractivity contribution in [2.24, 2.45) is 10.7 Å². The van der Waals surface area contributed by atoms with Gasteiger partial charge in [-0.3, -0.25) is 10.7 Å². The van der Waals surface area contributed by atoms with Crippen LogP contribution in [0.25, 0.3) is 11.1 Å². The van der Waals surface area contributed by atoms with Gasteiger partial charge in [0.15, 0.2) is 0 Å². The number of benzene rings is 2. The maximum atomic E-state index is 6.79. The lowest BCUT2D eigenvalue weighted by Gasteiger charge is -2.34. The molecule has 2 aliphatic rings. The van der Waals surface area contributed by atoms with Gasteiger partial charge in [-0.05, 0) is 55.3 Å². The summed E-state index contributed by atoms with van der Waals surface area (Å²) in [5.74, 6) is 0.351. The average molecular weight is 430 g/mol. The van der Waals surface area contributed by atoms with Crippen LogP contribution in [0.1, 0.15) is 35.2 Å². The predicted octanol–water partition coefficient (Wildman–Crippen LogP) is 3.59. The zero-order chi connectivity index (χ0) is 22.3. The van der Waals surface area contributed by atoms with Crippen LogP contribution in [-0.4, -0.2) is 32.0 Å². The van der Waals surface area contributed by atoms with E-state index in [0.29, 0.717) is 11.8 Å². The highest BCUT2D eigenvalue weighted by atomic mass is 16.5. The van der Waals surface area contributed by atoms with E-state index in [0.717, 1.165) is 46.7 Å². The molecule has 0 bridgehead atoms. The minimum absolute atomic E-state index is 0.290. The van der Waals surface area contributed by atoms with Crippen LogP contribution >= 0.6 is 0 Å².